The summed E-state index contributed by atoms with van der Waals surface area (Å²) in [6.07, 6.45) is 2.51. The van der Waals surface area contributed by atoms with E-state index in [-0.39, 0.29) is 18.1 Å². The SMILES string of the molecule is CCCCC1=C(C)C(=O)[C@@](C)(CN2c3ccccc3[C@@]3(O)CCO[C@@H]23)C1=O. The second kappa shape index (κ2) is 6.28. The normalized spacial score (nSPS) is 32.4. The fourth-order valence-electron chi connectivity index (χ4n) is 4.88. The fraction of sp³-hybridized carbons (Fsp3) is 0.545. The molecule has 0 spiro atoms. The Hall–Kier alpha value is -1.98. The molecule has 1 aliphatic carbocycles. The number of rotatable bonds is 5. The number of nitrogens with zero attached hydrogens (tertiary/aromatic N) is 1. The molecule has 0 amide bonds. The van der Waals surface area contributed by atoms with Gasteiger partial charge < -0.3 is 14.7 Å². The molecule has 1 aromatic carbocycles. The summed E-state index contributed by atoms with van der Waals surface area (Å²) >= 11 is 0. The summed E-state index contributed by atoms with van der Waals surface area (Å²) in [7, 11) is 0. The first-order valence-corrected chi connectivity index (χ1v) is 9.84. The van der Waals surface area contributed by atoms with Gasteiger partial charge in [0, 0.05) is 29.8 Å². The molecular formula is C22H27NO4. The molecule has 1 N–H and O–H groups in total. The number of ether oxygens (including phenoxy) is 1. The van der Waals surface area contributed by atoms with E-state index in [1.165, 1.54) is 0 Å². The first-order valence-electron chi connectivity index (χ1n) is 9.84. The molecule has 2 heterocycles. The van der Waals surface area contributed by atoms with Gasteiger partial charge in [0.15, 0.2) is 17.8 Å². The van der Waals surface area contributed by atoms with Gasteiger partial charge in [0.25, 0.3) is 0 Å². The van der Waals surface area contributed by atoms with Crippen LogP contribution >= 0.6 is 0 Å². The molecule has 0 radical (unpaired) electrons. The second-order valence-electron chi connectivity index (χ2n) is 8.24. The molecule has 5 nitrogen and oxygen atoms in total. The van der Waals surface area contributed by atoms with Crippen molar-refractivity contribution in [2.24, 2.45) is 5.41 Å². The number of carbonyl (C=O) groups excluding carboxylic acids is 2. The molecule has 3 atom stereocenters. The highest BCUT2D eigenvalue weighted by molar-refractivity contribution is 6.27. The van der Waals surface area contributed by atoms with Crippen LogP contribution in [0.5, 0.6) is 0 Å². The second-order valence-corrected chi connectivity index (χ2v) is 8.24. The summed E-state index contributed by atoms with van der Waals surface area (Å²) in [5, 5.41) is 11.2. The predicted molar refractivity (Wildman–Crippen MR) is 102 cm³/mol. The van der Waals surface area contributed by atoms with Gasteiger partial charge in [-0.25, -0.2) is 0 Å². The van der Waals surface area contributed by atoms with E-state index in [0.717, 1.165) is 24.1 Å². The molecule has 0 saturated carbocycles. The molecule has 0 unspecified atom stereocenters. The van der Waals surface area contributed by atoms with Crippen LogP contribution in [-0.4, -0.2) is 36.1 Å². The van der Waals surface area contributed by atoms with Crippen molar-refractivity contribution in [3.05, 3.63) is 41.0 Å². The number of hydrogen-bond acceptors (Lipinski definition) is 5. The van der Waals surface area contributed by atoms with Crippen LogP contribution in [0.25, 0.3) is 0 Å². The maximum Gasteiger partial charge on any atom is 0.174 e. The van der Waals surface area contributed by atoms with Crippen LogP contribution in [0.3, 0.4) is 0 Å². The number of anilines is 1. The number of carbonyl (C=O) groups is 2. The molecule has 5 heteroatoms. The zero-order chi connectivity index (χ0) is 19.4. The van der Waals surface area contributed by atoms with E-state index in [9.17, 15) is 14.7 Å². The van der Waals surface area contributed by atoms with E-state index < -0.39 is 17.2 Å². The Labute approximate surface area is 160 Å². The van der Waals surface area contributed by atoms with Crippen LogP contribution in [-0.2, 0) is 19.9 Å². The lowest BCUT2D eigenvalue weighted by atomic mass is 9.82. The van der Waals surface area contributed by atoms with Crippen LogP contribution in [0.15, 0.2) is 35.4 Å². The number of allylic oxidation sites excluding steroid dienone is 2. The first-order chi connectivity index (χ1) is 12.8. The third-order valence-electron chi connectivity index (χ3n) is 6.47. The van der Waals surface area contributed by atoms with Gasteiger partial charge in [0.1, 0.15) is 11.0 Å². The van der Waals surface area contributed by atoms with Crippen molar-refractivity contribution in [1.82, 2.24) is 0 Å². The smallest absolute Gasteiger partial charge is 0.174 e. The largest absolute Gasteiger partial charge is 0.380 e. The van der Waals surface area contributed by atoms with E-state index in [1.807, 2.05) is 29.2 Å². The minimum absolute atomic E-state index is 0.0654. The monoisotopic (exact) mass is 369 g/mol. The van der Waals surface area contributed by atoms with Crippen molar-refractivity contribution in [3.63, 3.8) is 0 Å². The van der Waals surface area contributed by atoms with Gasteiger partial charge >= 0.3 is 0 Å². The minimum Gasteiger partial charge on any atom is -0.380 e. The summed E-state index contributed by atoms with van der Waals surface area (Å²) in [6, 6.07) is 7.65. The first kappa shape index (κ1) is 18.4. The summed E-state index contributed by atoms with van der Waals surface area (Å²) in [5.74, 6) is -0.158. The summed E-state index contributed by atoms with van der Waals surface area (Å²) in [5.41, 5.74) is 0.754. The van der Waals surface area contributed by atoms with Crippen molar-refractivity contribution in [1.29, 1.82) is 0 Å². The molecule has 1 fully saturated rings. The van der Waals surface area contributed by atoms with E-state index in [0.29, 0.717) is 30.6 Å². The number of benzene rings is 1. The Kier molecular flexibility index (Phi) is 4.28. The van der Waals surface area contributed by atoms with Crippen molar-refractivity contribution in [2.45, 2.75) is 58.3 Å². The Morgan fingerprint density at radius 1 is 1.26 bits per heavy atom. The molecule has 1 aromatic rings. The molecule has 0 bridgehead atoms. The Morgan fingerprint density at radius 3 is 2.74 bits per heavy atom. The number of Topliss-reactive ketones (excluding diaryl/α,β-unsaturated/α-hetero) is 2. The maximum absolute atomic E-state index is 13.2. The van der Waals surface area contributed by atoms with Crippen LogP contribution in [0, 0.1) is 5.41 Å². The highest BCUT2D eigenvalue weighted by Gasteiger charge is 2.58. The fourth-order valence-corrected chi connectivity index (χ4v) is 4.88. The Bertz CT molecular complexity index is 844. The number of unbranched alkanes of at least 4 members (excludes halogenated alkanes) is 1. The highest BCUT2D eigenvalue weighted by Crippen LogP contribution is 2.51. The van der Waals surface area contributed by atoms with Gasteiger partial charge in [-0.05, 0) is 38.3 Å². The molecule has 0 aromatic heterocycles. The molecule has 1 saturated heterocycles. The highest BCUT2D eigenvalue weighted by atomic mass is 16.5. The van der Waals surface area contributed by atoms with Gasteiger partial charge in [0.2, 0.25) is 0 Å². The van der Waals surface area contributed by atoms with E-state index in [4.69, 9.17) is 4.74 Å². The Morgan fingerprint density at radius 2 is 2.00 bits per heavy atom. The Balaban J connectivity index is 1.68. The average molecular weight is 369 g/mol. The van der Waals surface area contributed by atoms with Crippen molar-refractivity contribution < 1.29 is 19.4 Å². The van der Waals surface area contributed by atoms with Crippen LogP contribution < -0.4 is 4.90 Å². The van der Waals surface area contributed by atoms with Gasteiger partial charge in [-0.15, -0.1) is 0 Å². The van der Waals surface area contributed by atoms with Crippen LogP contribution in [0.1, 0.15) is 52.0 Å². The van der Waals surface area contributed by atoms with Crippen LogP contribution in [0.2, 0.25) is 0 Å². The summed E-state index contributed by atoms with van der Waals surface area (Å²) in [6.45, 7) is 6.28. The lowest BCUT2D eigenvalue weighted by Gasteiger charge is -2.34. The van der Waals surface area contributed by atoms with Crippen molar-refractivity contribution >= 4 is 17.3 Å². The standard InChI is InChI=1S/C22H27NO4/c1-4-5-8-15-14(2)18(24)21(3,19(15)25)13-23-17-10-7-6-9-16(17)22(26)11-12-27-20(22)23/h6-7,9-10,20,26H,4-5,8,11-13H2,1-3H3/t20-,21-,22+/m1/s1. The lowest BCUT2D eigenvalue weighted by Crippen LogP contribution is -2.50. The van der Waals surface area contributed by atoms with Crippen LogP contribution in [0.4, 0.5) is 5.69 Å². The molecule has 27 heavy (non-hydrogen) atoms. The molecule has 144 valence electrons. The molecular weight excluding hydrogens is 342 g/mol. The van der Waals surface area contributed by atoms with Gasteiger partial charge in [-0.1, -0.05) is 31.5 Å². The molecule has 3 aliphatic rings. The van der Waals surface area contributed by atoms with Crippen molar-refractivity contribution in [2.75, 3.05) is 18.1 Å². The van der Waals surface area contributed by atoms with Gasteiger partial charge in [-0.3, -0.25) is 9.59 Å². The minimum atomic E-state index is -1.13. The summed E-state index contributed by atoms with van der Waals surface area (Å²) < 4.78 is 5.86. The van der Waals surface area contributed by atoms with Crippen molar-refractivity contribution in [3.8, 4) is 0 Å². The molecule has 4 rings (SSSR count). The average Bonchev–Trinajstić information content (AvgIpc) is 3.20. The van der Waals surface area contributed by atoms with E-state index >= 15 is 0 Å². The third-order valence-corrected chi connectivity index (χ3v) is 6.47. The molecule has 2 aliphatic heterocycles. The van der Waals surface area contributed by atoms with Gasteiger partial charge in [0.05, 0.1) is 6.61 Å². The number of hydrogen-bond donors (Lipinski definition) is 1. The zero-order valence-corrected chi connectivity index (χ0v) is 16.2. The summed E-state index contributed by atoms with van der Waals surface area (Å²) in [4.78, 5) is 28.2. The number of aliphatic hydroxyl groups is 1. The topological polar surface area (TPSA) is 66.8 Å². The number of fused-ring (bicyclic) bond motifs is 3. The third kappa shape index (κ3) is 2.44. The lowest BCUT2D eigenvalue weighted by molar-refractivity contribution is -0.133. The van der Waals surface area contributed by atoms with E-state index in [1.54, 1.807) is 13.8 Å². The number of para-hydroxylation sites is 1. The number of ketones is 2. The van der Waals surface area contributed by atoms with E-state index in [2.05, 4.69) is 6.92 Å². The quantitative estimate of drug-likeness (QED) is 0.808. The maximum atomic E-state index is 13.2. The van der Waals surface area contributed by atoms with Gasteiger partial charge in [-0.2, -0.15) is 0 Å². The predicted octanol–water partition coefficient (Wildman–Crippen LogP) is 3.11. The zero-order valence-electron chi connectivity index (χ0n) is 16.2.